The SMILES string of the molecule is O=C(NCCCOc1cccc(CN2CCCCC2)c1)c1cccc(F)c1. The zero-order valence-electron chi connectivity index (χ0n) is 15.6. The number of nitrogens with zero attached hydrogens (tertiary/aromatic N) is 1. The van der Waals surface area contributed by atoms with Gasteiger partial charge in [0.15, 0.2) is 0 Å². The van der Waals surface area contributed by atoms with E-state index >= 15 is 0 Å². The van der Waals surface area contributed by atoms with Gasteiger partial charge in [0.2, 0.25) is 0 Å². The van der Waals surface area contributed by atoms with Gasteiger partial charge in [-0.1, -0.05) is 24.6 Å². The van der Waals surface area contributed by atoms with Gasteiger partial charge in [0.1, 0.15) is 11.6 Å². The van der Waals surface area contributed by atoms with Crippen LogP contribution in [0.2, 0.25) is 0 Å². The molecule has 1 amide bonds. The summed E-state index contributed by atoms with van der Waals surface area (Å²) in [6.45, 7) is 4.34. The van der Waals surface area contributed by atoms with Crippen molar-refractivity contribution in [2.45, 2.75) is 32.2 Å². The molecule has 144 valence electrons. The van der Waals surface area contributed by atoms with Crippen LogP contribution in [0.15, 0.2) is 48.5 Å². The molecule has 5 heteroatoms. The van der Waals surface area contributed by atoms with Crippen LogP contribution in [-0.4, -0.2) is 37.0 Å². The molecule has 0 atom stereocenters. The Kier molecular flexibility index (Phi) is 7.22. The van der Waals surface area contributed by atoms with Crippen molar-refractivity contribution in [3.63, 3.8) is 0 Å². The van der Waals surface area contributed by atoms with Gasteiger partial charge < -0.3 is 10.1 Å². The van der Waals surface area contributed by atoms with Gasteiger partial charge in [0, 0.05) is 18.7 Å². The van der Waals surface area contributed by atoms with Crippen LogP contribution >= 0.6 is 0 Å². The molecule has 0 aliphatic carbocycles. The Hall–Kier alpha value is -2.40. The van der Waals surface area contributed by atoms with Crippen LogP contribution in [0, 0.1) is 5.82 Å². The highest BCUT2D eigenvalue weighted by Gasteiger charge is 2.10. The molecule has 3 rings (SSSR count). The molecule has 1 N–H and O–H groups in total. The molecule has 1 aliphatic rings. The molecule has 27 heavy (non-hydrogen) atoms. The Labute approximate surface area is 160 Å². The topological polar surface area (TPSA) is 41.6 Å². The summed E-state index contributed by atoms with van der Waals surface area (Å²) in [6, 6.07) is 13.9. The summed E-state index contributed by atoms with van der Waals surface area (Å²) in [7, 11) is 0. The number of hydrogen-bond acceptors (Lipinski definition) is 3. The molecule has 0 saturated carbocycles. The van der Waals surface area contributed by atoms with Crippen molar-refractivity contribution in [1.29, 1.82) is 0 Å². The molecular weight excluding hydrogens is 343 g/mol. The quantitative estimate of drug-likeness (QED) is 0.714. The third kappa shape index (κ3) is 6.36. The van der Waals surface area contributed by atoms with Crippen LogP contribution in [0.25, 0.3) is 0 Å². The number of amides is 1. The van der Waals surface area contributed by atoms with E-state index in [1.165, 1.54) is 56.1 Å². The van der Waals surface area contributed by atoms with Crippen LogP contribution in [0.1, 0.15) is 41.6 Å². The zero-order chi connectivity index (χ0) is 18.9. The zero-order valence-corrected chi connectivity index (χ0v) is 15.6. The number of nitrogens with one attached hydrogen (secondary N) is 1. The van der Waals surface area contributed by atoms with Crippen LogP contribution < -0.4 is 10.1 Å². The molecule has 0 spiro atoms. The van der Waals surface area contributed by atoms with E-state index in [1.807, 2.05) is 12.1 Å². The highest BCUT2D eigenvalue weighted by Crippen LogP contribution is 2.17. The maximum Gasteiger partial charge on any atom is 0.251 e. The van der Waals surface area contributed by atoms with E-state index in [4.69, 9.17) is 4.74 Å². The van der Waals surface area contributed by atoms with Gasteiger partial charge in [0.05, 0.1) is 6.61 Å². The number of halogens is 1. The molecule has 2 aromatic carbocycles. The van der Waals surface area contributed by atoms with Crippen LogP contribution in [0.3, 0.4) is 0 Å². The summed E-state index contributed by atoms with van der Waals surface area (Å²) in [6.07, 6.45) is 4.61. The van der Waals surface area contributed by atoms with Gasteiger partial charge in [-0.05, 0) is 68.2 Å². The highest BCUT2D eigenvalue weighted by atomic mass is 19.1. The Bertz CT molecular complexity index is 745. The van der Waals surface area contributed by atoms with Gasteiger partial charge in [-0.25, -0.2) is 4.39 Å². The number of carbonyl (C=O) groups excluding carboxylic acids is 1. The van der Waals surface area contributed by atoms with Gasteiger partial charge in [-0.2, -0.15) is 0 Å². The predicted octanol–water partition coefficient (Wildman–Crippen LogP) is 4.01. The van der Waals surface area contributed by atoms with Crippen molar-refractivity contribution in [3.8, 4) is 5.75 Å². The van der Waals surface area contributed by atoms with Gasteiger partial charge in [-0.15, -0.1) is 0 Å². The average molecular weight is 370 g/mol. The van der Waals surface area contributed by atoms with Crippen LogP contribution in [0.4, 0.5) is 4.39 Å². The molecule has 1 heterocycles. The van der Waals surface area contributed by atoms with E-state index in [-0.39, 0.29) is 5.91 Å². The summed E-state index contributed by atoms with van der Waals surface area (Å²) in [5.41, 5.74) is 1.61. The van der Waals surface area contributed by atoms with Crippen molar-refractivity contribution in [2.24, 2.45) is 0 Å². The van der Waals surface area contributed by atoms with Crippen LogP contribution in [-0.2, 0) is 6.54 Å². The number of piperidine rings is 1. The van der Waals surface area contributed by atoms with Gasteiger partial charge in [-0.3, -0.25) is 9.69 Å². The first-order valence-corrected chi connectivity index (χ1v) is 9.68. The third-order valence-electron chi connectivity index (χ3n) is 4.72. The minimum absolute atomic E-state index is 0.266. The maximum atomic E-state index is 13.1. The van der Waals surface area contributed by atoms with E-state index < -0.39 is 5.82 Å². The van der Waals surface area contributed by atoms with Gasteiger partial charge >= 0.3 is 0 Å². The fourth-order valence-electron chi connectivity index (χ4n) is 3.31. The predicted molar refractivity (Wildman–Crippen MR) is 104 cm³/mol. The average Bonchev–Trinajstić information content (AvgIpc) is 2.69. The number of likely N-dealkylation sites (tertiary alicyclic amines) is 1. The molecule has 0 radical (unpaired) electrons. The summed E-state index contributed by atoms with van der Waals surface area (Å²) >= 11 is 0. The summed E-state index contributed by atoms with van der Waals surface area (Å²) < 4.78 is 18.9. The lowest BCUT2D eigenvalue weighted by Gasteiger charge is -2.26. The molecule has 1 aliphatic heterocycles. The third-order valence-corrected chi connectivity index (χ3v) is 4.72. The molecule has 0 aromatic heterocycles. The van der Waals surface area contributed by atoms with E-state index in [0.717, 1.165) is 12.3 Å². The van der Waals surface area contributed by atoms with E-state index in [2.05, 4.69) is 22.3 Å². The van der Waals surface area contributed by atoms with Crippen molar-refractivity contribution in [3.05, 3.63) is 65.5 Å². The molecule has 0 bridgehead atoms. The smallest absolute Gasteiger partial charge is 0.251 e. The fourth-order valence-corrected chi connectivity index (χ4v) is 3.31. The minimum Gasteiger partial charge on any atom is -0.494 e. The van der Waals surface area contributed by atoms with Crippen molar-refractivity contribution < 1.29 is 13.9 Å². The maximum absolute atomic E-state index is 13.1. The number of benzene rings is 2. The standard InChI is InChI=1S/C22H27FN2O2/c23-20-9-5-8-19(16-20)22(26)24-11-6-14-27-21-10-4-7-18(15-21)17-25-12-2-1-3-13-25/h4-5,7-10,15-16H,1-3,6,11-14,17H2,(H,24,26). The summed E-state index contributed by atoms with van der Waals surface area (Å²) in [4.78, 5) is 14.4. The number of carbonyl (C=O) groups is 1. The van der Waals surface area contributed by atoms with Gasteiger partial charge in [0.25, 0.3) is 5.91 Å². The second-order valence-corrected chi connectivity index (χ2v) is 6.95. The first kappa shape index (κ1) is 19.4. The lowest BCUT2D eigenvalue weighted by atomic mass is 10.1. The Morgan fingerprint density at radius 3 is 2.70 bits per heavy atom. The second kappa shape index (κ2) is 10.1. The largest absolute Gasteiger partial charge is 0.494 e. The fraction of sp³-hybridized carbons (Fsp3) is 0.409. The first-order chi connectivity index (χ1) is 13.2. The molecule has 1 fully saturated rings. The number of rotatable bonds is 8. The summed E-state index contributed by atoms with van der Waals surface area (Å²) in [5, 5.41) is 2.79. The van der Waals surface area contributed by atoms with E-state index in [0.29, 0.717) is 25.1 Å². The van der Waals surface area contributed by atoms with Crippen LogP contribution in [0.5, 0.6) is 5.75 Å². The van der Waals surface area contributed by atoms with Crippen molar-refractivity contribution in [1.82, 2.24) is 10.2 Å². The van der Waals surface area contributed by atoms with E-state index in [1.54, 1.807) is 6.07 Å². The molecule has 1 saturated heterocycles. The molecular formula is C22H27FN2O2. The highest BCUT2D eigenvalue weighted by molar-refractivity contribution is 5.94. The minimum atomic E-state index is -0.407. The molecule has 2 aromatic rings. The van der Waals surface area contributed by atoms with Crippen molar-refractivity contribution >= 4 is 5.91 Å². The first-order valence-electron chi connectivity index (χ1n) is 9.68. The Morgan fingerprint density at radius 2 is 1.89 bits per heavy atom. The van der Waals surface area contributed by atoms with Crippen molar-refractivity contribution in [2.75, 3.05) is 26.2 Å². The lowest BCUT2D eigenvalue weighted by molar-refractivity contribution is 0.0951. The Balaban J connectivity index is 1.37. The second-order valence-electron chi connectivity index (χ2n) is 6.95. The normalized spacial score (nSPS) is 14.7. The molecule has 4 nitrogen and oxygen atoms in total. The molecule has 0 unspecified atom stereocenters. The van der Waals surface area contributed by atoms with E-state index in [9.17, 15) is 9.18 Å². The summed E-state index contributed by atoms with van der Waals surface area (Å²) in [5.74, 6) is 0.189. The Morgan fingerprint density at radius 1 is 1.07 bits per heavy atom. The number of ether oxygens (including phenoxy) is 1. The monoisotopic (exact) mass is 370 g/mol. The number of hydrogen-bond donors (Lipinski definition) is 1. The lowest BCUT2D eigenvalue weighted by Crippen LogP contribution is -2.29.